The third-order valence-corrected chi connectivity index (χ3v) is 4.47. The highest BCUT2D eigenvalue weighted by Crippen LogP contribution is 2.27. The van der Waals surface area contributed by atoms with Crippen molar-refractivity contribution in [3.63, 3.8) is 0 Å². The third kappa shape index (κ3) is 4.70. The molecule has 0 bridgehead atoms. The molecule has 1 aromatic rings. The summed E-state index contributed by atoms with van der Waals surface area (Å²) in [6.45, 7) is 9.56. The van der Waals surface area contributed by atoms with Gasteiger partial charge in [0, 0.05) is 12.2 Å². The second-order valence-corrected chi connectivity index (χ2v) is 8.03. The van der Waals surface area contributed by atoms with Crippen LogP contribution >= 0.6 is 11.8 Å². The molecular weight excluding hydrogens is 316 g/mol. The third-order valence-electron chi connectivity index (χ3n) is 3.46. The van der Waals surface area contributed by atoms with Gasteiger partial charge in [0.1, 0.15) is 12.1 Å². The lowest BCUT2D eigenvalue weighted by atomic mass is 9.91. The summed E-state index contributed by atoms with van der Waals surface area (Å²) in [4.78, 5) is 30.7. The van der Waals surface area contributed by atoms with E-state index in [2.05, 4.69) is 15.5 Å². The average molecular weight is 340 g/mol. The van der Waals surface area contributed by atoms with E-state index < -0.39 is 6.04 Å². The van der Waals surface area contributed by atoms with E-state index in [4.69, 9.17) is 4.52 Å². The van der Waals surface area contributed by atoms with E-state index in [1.54, 1.807) is 30.5 Å². The van der Waals surface area contributed by atoms with E-state index in [0.717, 1.165) is 0 Å². The van der Waals surface area contributed by atoms with Crippen molar-refractivity contribution in [2.75, 3.05) is 11.6 Å². The topological polar surface area (TPSA) is 88.3 Å². The normalized spacial score (nSPS) is 19.7. The molecule has 0 radical (unpaired) electrons. The number of hydrogen-bond acceptors (Lipinski definition) is 6. The molecule has 0 spiro atoms. The number of hydrogen-bond donors (Lipinski definition) is 1. The molecule has 0 aromatic carbocycles. The largest absolute Gasteiger partial charge is 0.343 e. The summed E-state index contributed by atoms with van der Waals surface area (Å²) in [5.74, 6) is 1.90. The van der Waals surface area contributed by atoms with Gasteiger partial charge >= 0.3 is 0 Å². The maximum Gasteiger partial charge on any atom is 0.248 e. The van der Waals surface area contributed by atoms with Gasteiger partial charge in [0.15, 0.2) is 5.82 Å². The molecule has 1 aromatic heterocycles. The van der Waals surface area contributed by atoms with Gasteiger partial charge in [-0.25, -0.2) is 0 Å². The quantitative estimate of drug-likeness (QED) is 0.900. The maximum atomic E-state index is 12.5. The van der Waals surface area contributed by atoms with Crippen LogP contribution in [-0.4, -0.2) is 44.5 Å². The lowest BCUT2D eigenvalue weighted by molar-refractivity contribution is -0.139. The van der Waals surface area contributed by atoms with Crippen LogP contribution in [0.4, 0.5) is 0 Å². The van der Waals surface area contributed by atoms with Crippen molar-refractivity contribution in [3.8, 4) is 0 Å². The van der Waals surface area contributed by atoms with Crippen LogP contribution in [0.3, 0.4) is 0 Å². The lowest BCUT2D eigenvalue weighted by Gasteiger charge is -2.27. The van der Waals surface area contributed by atoms with Crippen LogP contribution in [-0.2, 0) is 9.59 Å². The predicted octanol–water partition coefficient (Wildman–Crippen LogP) is 1.89. The van der Waals surface area contributed by atoms with Crippen LogP contribution in [0, 0.1) is 12.3 Å². The number of nitrogens with zero attached hydrogens (tertiary/aromatic N) is 3. The van der Waals surface area contributed by atoms with Crippen LogP contribution in [0.1, 0.15) is 51.9 Å². The molecule has 2 heterocycles. The number of amides is 2. The average Bonchev–Trinajstić information content (AvgIpc) is 3.04. The first-order chi connectivity index (χ1) is 10.7. The molecule has 23 heavy (non-hydrogen) atoms. The summed E-state index contributed by atoms with van der Waals surface area (Å²) in [6.07, 6.45) is 0.426. The van der Waals surface area contributed by atoms with E-state index in [1.165, 1.54) is 0 Å². The number of carbonyl (C=O) groups is 2. The van der Waals surface area contributed by atoms with Crippen LogP contribution in [0.2, 0.25) is 0 Å². The molecule has 8 heteroatoms. The Labute approximate surface area is 140 Å². The monoisotopic (exact) mass is 340 g/mol. The molecule has 1 saturated heterocycles. The fourth-order valence-electron chi connectivity index (χ4n) is 2.32. The van der Waals surface area contributed by atoms with Gasteiger partial charge in [-0.1, -0.05) is 25.9 Å². The Morgan fingerprint density at radius 1 is 1.48 bits per heavy atom. The molecule has 0 aliphatic carbocycles. The fourth-order valence-corrected chi connectivity index (χ4v) is 3.50. The van der Waals surface area contributed by atoms with E-state index in [0.29, 0.717) is 29.8 Å². The molecule has 1 fully saturated rings. The Balaban J connectivity index is 1.99. The number of carbonyl (C=O) groups excluding carboxylic acids is 2. The van der Waals surface area contributed by atoms with Crippen LogP contribution < -0.4 is 5.32 Å². The molecule has 0 saturated carbocycles. The van der Waals surface area contributed by atoms with Crippen molar-refractivity contribution < 1.29 is 14.1 Å². The zero-order valence-electron chi connectivity index (χ0n) is 14.3. The minimum atomic E-state index is -0.443. The summed E-state index contributed by atoms with van der Waals surface area (Å²) in [6, 6.07) is -0.824. The SMILES string of the molecule is Cc1noc([C@H](C)NC(=O)[C@@H]2CSCN2C(=O)CC(C)(C)C)n1. The molecule has 128 valence electrons. The second kappa shape index (κ2) is 6.90. The number of rotatable bonds is 4. The van der Waals surface area contributed by atoms with Gasteiger partial charge in [0.05, 0.1) is 5.88 Å². The smallest absolute Gasteiger partial charge is 0.248 e. The summed E-state index contributed by atoms with van der Waals surface area (Å²) < 4.78 is 5.07. The van der Waals surface area contributed by atoms with E-state index in [9.17, 15) is 9.59 Å². The molecule has 2 rings (SSSR count). The standard InChI is InChI=1S/C15H24N4O3S/c1-9(14-17-10(2)18-22-14)16-13(21)11-7-23-8-19(11)12(20)6-15(3,4)5/h9,11H,6-8H2,1-5H3,(H,16,21)/t9-,11-/m0/s1. The van der Waals surface area contributed by atoms with Gasteiger partial charge in [-0.2, -0.15) is 4.98 Å². The second-order valence-electron chi connectivity index (χ2n) is 7.03. The molecule has 7 nitrogen and oxygen atoms in total. The van der Waals surface area contributed by atoms with Crippen LogP contribution in [0.5, 0.6) is 0 Å². The Morgan fingerprint density at radius 3 is 2.74 bits per heavy atom. The first-order valence-electron chi connectivity index (χ1n) is 7.65. The van der Waals surface area contributed by atoms with Gasteiger partial charge in [-0.15, -0.1) is 11.8 Å². The van der Waals surface area contributed by atoms with Gasteiger partial charge < -0.3 is 14.7 Å². The highest BCUT2D eigenvalue weighted by Gasteiger charge is 2.36. The minimum absolute atomic E-state index is 0.0175. The molecule has 1 aliphatic rings. The number of aromatic nitrogens is 2. The van der Waals surface area contributed by atoms with Crippen molar-refractivity contribution in [2.45, 2.75) is 53.1 Å². The molecule has 2 atom stereocenters. The van der Waals surface area contributed by atoms with Crippen molar-refractivity contribution in [3.05, 3.63) is 11.7 Å². The molecule has 1 aliphatic heterocycles. The first-order valence-corrected chi connectivity index (χ1v) is 8.80. The molecule has 1 N–H and O–H groups in total. The zero-order valence-corrected chi connectivity index (χ0v) is 15.1. The van der Waals surface area contributed by atoms with Crippen LogP contribution in [0.15, 0.2) is 4.52 Å². The van der Waals surface area contributed by atoms with E-state index in [1.807, 2.05) is 20.8 Å². The summed E-state index contributed by atoms with van der Waals surface area (Å²) >= 11 is 1.59. The number of aryl methyl sites for hydroxylation is 1. The summed E-state index contributed by atoms with van der Waals surface area (Å²) in [5, 5.41) is 6.58. The van der Waals surface area contributed by atoms with Crippen molar-refractivity contribution in [1.82, 2.24) is 20.4 Å². The molecule has 0 unspecified atom stereocenters. The summed E-state index contributed by atoms with van der Waals surface area (Å²) in [5.41, 5.74) is -0.0973. The fraction of sp³-hybridized carbons (Fsp3) is 0.733. The van der Waals surface area contributed by atoms with Crippen molar-refractivity contribution in [2.24, 2.45) is 5.41 Å². The first kappa shape index (κ1) is 17.8. The van der Waals surface area contributed by atoms with E-state index >= 15 is 0 Å². The highest BCUT2D eigenvalue weighted by molar-refractivity contribution is 7.99. The highest BCUT2D eigenvalue weighted by atomic mass is 32.2. The van der Waals surface area contributed by atoms with Gasteiger partial charge in [-0.3, -0.25) is 9.59 Å². The number of nitrogens with one attached hydrogen (secondary N) is 1. The minimum Gasteiger partial charge on any atom is -0.343 e. The zero-order chi connectivity index (χ0) is 17.2. The van der Waals surface area contributed by atoms with Gasteiger partial charge in [0.2, 0.25) is 17.7 Å². The Hall–Kier alpha value is -1.57. The Morgan fingerprint density at radius 2 is 2.17 bits per heavy atom. The van der Waals surface area contributed by atoms with Gasteiger partial charge in [-0.05, 0) is 19.3 Å². The summed E-state index contributed by atoms with van der Waals surface area (Å²) in [7, 11) is 0. The Kier molecular flexibility index (Phi) is 5.33. The van der Waals surface area contributed by atoms with Gasteiger partial charge in [0.25, 0.3) is 0 Å². The molecule has 2 amide bonds. The molecular formula is C15H24N4O3S. The maximum absolute atomic E-state index is 12.5. The van der Waals surface area contributed by atoms with Crippen LogP contribution in [0.25, 0.3) is 0 Å². The van der Waals surface area contributed by atoms with E-state index in [-0.39, 0.29) is 23.3 Å². The van der Waals surface area contributed by atoms with Crippen molar-refractivity contribution >= 4 is 23.6 Å². The lowest BCUT2D eigenvalue weighted by Crippen LogP contribution is -2.48. The predicted molar refractivity (Wildman–Crippen MR) is 87.6 cm³/mol. The number of thioether (sulfide) groups is 1. The Bertz CT molecular complexity index is 582. The van der Waals surface area contributed by atoms with Crippen molar-refractivity contribution in [1.29, 1.82) is 0 Å².